The average molecular weight is 206 g/mol. The third kappa shape index (κ3) is 1.96. The molecule has 3 heteroatoms. The lowest BCUT2D eigenvalue weighted by Crippen LogP contribution is -2.24. The highest BCUT2D eigenvalue weighted by molar-refractivity contribution is 5.98. The van der Waals surface area contributed by atoms with Gasteiger partial charge in [0.2, 0.25) is 0 Å². The molecule has 0 aliphatic carbocycles. The number of aryl methyl sites for hydroxylation is 2. The summed E-state index contributed by atoms with van der Waals surface area (Å²) in [4.78, 5) is 13.5. The van der Waals surface area contributed by atoms with Gasteiger partial charge in [0.1, 0.15) is 0 Å². The van der Waals surface area contributed by atoms with E-state index in [9.17, 15) is 4.79 Å². The zero-order valence-corrected chi connectivity index (χ0v) is 10.0. The number of carbonyl (C=O) groups is 1. The Morgan fingerprint density at radius 3 is 2.20 bits per heavy atom. The molecule has 0 bridgehead atoms. The van der Waals surface area contributed by atoms with Gasteiger partial charge in [-0.25, -0.2) is 0 Å². The Kier molecular flexibility index (Phi) is 3.03. The predicted octanol–water partition coefficient (Wildman–Crippen LogP) is 1.90. The Labute approximate surface area is 90.9 Å². The van der Waals surface area contributed by atoms with Gasteiger partial charge >= 0.3 is 0 Å². The van der Waals surface area contributed by atoms with Crippen LogP contribution in [0.1, 0.15) is 27.0 Å². The number of nitrogen functional groups attached to an aromatic ring is 1. The van der Waals surface area contributed by atoms with E-state index in [1.807, 2.05) is 26.8 Å². The van der Waals surface area contributed by atoms with Crippen molar-refractivity contribution < 1.29 is 4.79 Å². The van der Waals surface area contributed by atoms with Gasteiger partial charge in [0.25, 0.3) is 5.91 Å². The Morgan fingerprint density at radius 1 is 1.20 bits per heavy atom. The maximum absolute atomic E-state index is 11.9. The monoisotopic (exact) mass is 206 g/mol. The fourth-order valence-electron chi connectivity index (χ4n) is 1.75. The molecule has 0 fully saturated rings. The normalized spacial score (nSPS) is 10.2. The molecule has 3 nitrogen and oxygen atoms in total. The van der Waals surface area contributed by atoms with Crippen LogP contribution in [0.4, 0.5) is 5.69 Å². The van der Waals surface area contributed by atoms with Crippen LogP contribution in [0.3, 0.4) is 0 Å². The number of hydrogen-bond donors (Lipinski definition) is 1. The van der Waals surface area contributed by atoms with Gasteiger partial charge in [-0.1, -0.05) is 6.07 Å². The van der Waals surface area contributed by atoms with Gasteiger partial charge < -0.3 is 10.6 Å². The third-order valence-corrected chi connectivity index (χ3v) is 2.65. The second-order valence-corrected chi connectivity index (χ2v) is 4.12. The van der Waals surface area contributed by atoms with E-state index in [-0.39, 0.29) is 5.91 Å². The summed E-state index contributed by atoms with van der Waals surface area (Å²) in [5.41, 5.74) is 10.3. The molecular weight excluding hydrogens is 188 g/mol. The highest BCUT2D eigenvalue weighted by atomic mass is 16.2. The lowest BCUT2D eigenvalue weighted by atomic mass is 9.97. The van der Waals surface area contributed by atoms with Gasteiger partial charge in [0, 0.05) is 25.3 Å². The Bertz CT molecular complexity index is 409. The first kappa shape index (κ1) is 11.6. The number of benzene rings is 1. The van der Waals surface area contributed by atoms with E-state index in [1.54, 1.807) is 19.0 Å². The summed E-state index contributed by atoms with van der Waals surface area (Å²) in [5, 5.41) is 0. The van der Waals surface area contributed by atoms with Crippen molar-refractivity contribution in [3.8, 4) is 0 Å². The molecule has 0 radical (unpaired) electrons. The molecule has 15 heavy (non-hydrogen) atoms. The van der Waals surface area contributed by atoms with E-state index < -0.39 is 0 Å². The van der Waals surface area contributed by atoms with Crippen LogP contribution in [0.25, 0.3) is 0 Å². The van der Waals surface area contributed by atoms with Gasteiger partial charge in [-0.3, -0.25) is 4.79 Å². The van der Waals surface area contributed by atoms with E-state index in [0.29, 0.717) is 5.69 Å². The number of amides is 1. The summed E-state index contributed by atoms with van der Waals surface area (Å²) in [6.07, 6.45) is 0. The SMILES string of the molecule is Cc1cc(C)c(C(=O)N(C)C)c(C)c1N. The van der Waals surface area contributed by atoms with Crippen molar-refractivity contribution >= 4 is 11.6 Å². The van der Waals surface area contributed by atoms with Gasteiger partial charge in [-0.15, -0.1) is 0 Å². The number of nitrogens with two attached hydrogens (primary N) is 1. The molecule has 82 valence electrons. The zero-order chi connectivity index (χ0) is 11.7. The van der Waals surface area contributed by atoms with Gasteiger partial charge in [-0.2, -0.15) is 0 Å². The van der Waals surface area contributed by atoms with Gasteiger partial charge in [0.15, 0.2) is 0 Å². The maximum Gasteiger partial charge on any atom is 0.253 e. The molecule has 0 aromatic heterocycles. The lowest BCUT2D eigenvalue weighted by Gasteiger charge is -2.17. The average Bonchev–Trinajstić information content (AvgIpc) is 2.14. The second-order valence-electron chi connectivity index (χ2n) is 4.12. The molecule has 0 saturated carbocycles. The molecule has 0 heterocycles. The lowest BCUT2D eigenvalue weighted by molar-refractivity contribution is 0.0826. The van der Waals surface area contributed by atoms with Crippen LogP contribution in [0.15, 0.2) is 6.07 Å². The van der Waals surface area contributed by atoms with Gasteiger partial charge in [-0.05, 0) is 37.5 Å². The van der Waals surface area contributed by atoms with Crippen molar-refractivity contribution in [3.05, 3.63) is 28.3 Å². The summed E-state index contributed by atoms with van der Waals surface area (Å²) >= 11 is 0. The van der Waals surface area contributed by atoms with E-state index in [1.165, 1.54) is 0 Å². The van der Waals surface area contributed by atoms with Crippen molar-refractivity contribution in [1.29, 1.82) is 0 Å². The van der Waals surface area contributed by atoms with Crippen LogP contribution >= 0.6 is 0 Å². The Morgan fingerprint density at radius 2 is 1.73 bits per heavy atom. The van der Waals surface area contributed by atoms with Crippen LogP contribution in [-0.4, -0.2) is 24.9 Å². The molecule has 0 aliphatic rings. The number of nitrogens with zero attached hydrogens (tertiary/aromatic N) is 1. The topological polar surface area (TPSA) is 46.3 Å². The van der Waals surface area contributed by atoms with E-state index in [4.69, 9.17) is 5.73 Å². The first-order valence-corrected chi connectivity index (χ1v) is 4.94. The molecule has 2 N–H and O–H groups in total. The quantitative estimate of drug-likeness (QED) is 0.713. The van der Waals surface area contributed by atoms with Crippen molar-refractivity contribution in [2.24, 2.45) is 0 Å². The number of carbonyl (C=O) groups excluding carboxylic acids is 1. The number of hydrogen-bond acceptors (Lipinski definition) is 2. The Balaban J connectivity index is 3.43. The molecule has 0 spiro atoms. The predicted molar refractivity (Wildman–Crippen MR) is 63.1 cm³/mol. The van der Waals surface area contributed by atoms with Crippen molar-refractivity contribution in [3.63, 3.8) is 0 Å². The molecule has 0 atom stereocenters. The molecule has 0 unspecified atom stereocenters. The van der Waals surface area contributed by atoms with Crippen LogP contribution < -0.4 is 5.73 Å². The summed E-state index contributed by atoms with van der Waals surface area (Å²) in [6.45, 7) is 5.79. The first-order valence-electron chi connectivity index (χ1n) is 4.94. The summed E-state index contributed by atoms with van der Waals surface area (Å²) in [6, 6.07) is 1.96. The molecule has 0 saturated heterocycles. The minimum Gasteiger partial charge on any atom is -0.398 e. The highest BCUT2D eigenvalue weighted by Crippen LogP contribution is 2.24. The van der Waals surface area contributed by atoms with Crippen LogP contribution in [-0.2, 0) is 0 Å². The fourth-order valence-corrected chi connectivity index (χ4v) is 1.75. The molecule has 1 amide bonds. The van der Waals surface area contributed by atoms with Crippen molar-refractivity contribution in [2.45, 2.75) is 20.8 Å². The number of anilines is 1. The smallest absolute Gasteiger partial charge is 0.253 e. The number of rotatable bonds is 1. The largest absolute Gasteiger partial charge is 0.398 e. The second kappa shape index (κ2) is 3.93. The summed E-state index contributed by atoms with van der Waals surface area (Å²) < 4.78 is 0. The van der Waals surface area contributed by atoms with E-state index in [0.717, 1.165) is 22.3 Å². The summed E-state index contributed by atoms with van der Waals surface area (Å²) in [7, 11) is 3.49. The molecule has 1 rings (SSSR count). The molecule has 1 aromatic rings. The zero-order valence-electron chi connectivity index (χ0n) is 10.0. The van der Waals surface area contributed by atoms with Crippen molar-refractivity contribution in [1.82, 2.24) is 4.90 Å². The summed E-state index contributed by atoms with van der Waals surface area (Å²) in [5.74, 6) is 0.0108. The Hall–Kier alpha value is -1.51. The minimum absolute atomic E-state index is 0.0108. The van der Waals surface area contributed by atoms with Crippen molar-refractivity contribution in [2.75, 3.05) is 19.8 Å². The molecular formula is C12H18N2O. The highest BCUT2D eigenvalue weighted by Gasteiger charge is 2.16. The first-order chi connectivity index (χ1) is 6.86. The molecule has 1 aromatic carbocycles. The van der Waals surface area contributed by atoms with Crippen LogP contribution in [0, 0.1) is 20.8 Å². The van der Waals surface area contributed by atoms with Crippen LogP contribution in [0.5, 0.6) is 0 Å². The molecule has 0 aliphatic heterocycles. The minimum atomic E-state index is 0.0108. The standard InChI is InChI=1S/C12H18N2O/c1-7-6-8(2)11(13)9(3)10(7)12(15)14(4)5/h6H,13H2,1-5H3. The van der Waals surface area contributed by atoms with Crippen LogP contribution in [0.2, 0.25) is 0 Å². The third-order valence-electron chi connectivity index (χ3n) is 2.65. The maximum atomic E-state index is 11.9. The van der Waals surface area contributed by atoms with E-state index in [2.05, 4.69) is 0 Å². The van der Waals surface area contributed by atoms with Gasteiger partial charge in [0.05, 0.1) is 0 Å². The fraction of sp³-hybridized carbons (Fsp3) is 0.417. The van der Waals surface area contributed by atoms with E-state index >= 15 is 0 Å².